The van der Waals surface area contributed by atoms with Gasteiger partial charge in [-0.1, -0.05) is 103 Å². The maximum atomic E-state index is 5.86. The van der Waals surface area contributed by atoms with E-state index in [1.807, 2.05) is 0 Å². The number of aromatic nitrogens is 1. The van der Waals surface area contributed by atoms with Crippen LogP contribution in [0.5, 0.6) is 0 Å². The molecule has 0 aliphatic heterocycles. The van der Waals surface area contributed by atoms with E-state index in [2.05, 4.69) is 157 Å². The number of hydrogen-bond acceptors (Lipinski definition) is 0. The SMILES string of the molecule is c1ccc(C([OH+]C(c2ccccc2)(c2ccccc2)c2ccccc2)c2c[nH]c3ccccc23)cc1. The third-order valence-corrected chi connectivity index (χ3v) is 6.93. The Hall–Kier alpha value is -4.40. The number of fused-ring (bicyclic) bond motifs is 1. The zero-order chi connectivity index (χ0) is 24.2. The van der Waals surface area contributed by atoms with E-state index in [4.69, 9.17) is 4.74 Å². The van der Waals surface area contributed by atoms with Crippen LogP contribution in [-0.4, -0.2) is 9.72 Å². The molecule has 6 aromatic rings. The molecule has 1 unspecified atom stereocenters. The Balaban J connectivity index is 1.64. The number of hydrogen-bond donors (Lipinski definition) is 1. The number of benzene rings is 5. The summed E-state index contributed by atoms with van der Waals surface area (Å²) >= 11 is 0. The minimum atomic E-state index is -0.706. The quantitative estimate of drug-likeness (QED) is 0.184. The summed E-state index contributed by atoms with van der Waals surface area (Å²) in [4.78, 5) is 3.48. The van der Waals surface area contributed by atoms with Gasteiger partial charge in [0.2, 0.25) is 11.7 Å². The molecule has 36 heavy (non-hydrogen) atoms. The third-order valence-electron chi connectivity index (χ3n) is 6.93. The molecule has 2 heteroatoms. The summed E-state index contributed by atoms with van der Waals surface area (Å²) in [7, 11) is 0. The zero-order valence-corrected chi connectivity index (χ0v) is 20.0. The molecule has 1 heterocycles. The van der Waals surface area contributed by atoms with E-state index in [0.717, 1.165) is 27.8 Å². The third kappa shape index (κ3) is 3.92. The van der Waals surface area contributed by atoms with Crippen molar-refractivity contribution in [2.45, 2.75) is 11.7 Å². The largest absolute Gasteiger partial charge is 0.409 e. The van der Waals surface area contributed by atoms with Gasteiger partial charge in [0.15, 0.2) is 0 Å². The Morgan fingerprint density at radius 3 is 1.47 bits per heavy atom. The average Bonchev–Trinajstić information content (AvgIpc) is 3.40. The predicted octanol–water partition coefficient (Wildman–Crippen LogP) is 7.78. The van der Waals surface area contributed by atoms with E-state index in [1.165, 1.54) is 10.9 Å². The number of aliphatic hydroxyl groups is 2. The van der Waals surface area contributed by atoms with Crippen LogP contribution in [-0.2, 0) is 5.60 Å². The maximum Gasteiger partial charge on any atom is 0.244 e. The molecule has 6 rings (SSSR count). The molecule has 5 aromatic carbocycles. The Morgan fingerprint density at radius 2 is 0.944 bits per heavy atom. The van der Waals surface area contributed by atoms with Gasteiger partial charge in [0.1, 0.15) is 0 Å². The summed E-state index contributed by atoms with van der Waals surface area (Å²) in [6.45, 7) is 0. The van der Waals surface area contributed by atoms with Crippen molar-refractivity contribution in [2.75, 3.05) is 0 Å². The first-order valence-electron chi connectivity index (χ1n) is 12.4. The lowest BCUT2D eigenvalue weighted by molar-refractivity contribution is -0.180. The Kier molecular flexibility index (Phi) is 5.95. The molecule has 2 nitrogen and oxygen atoms in total. The van der Waals surface area contributed by atoms with Gasteiger partial charge in [-0.3, -0.25) is 0 Å². The van der Waals surface area contributed by atoms with Gasteiger partial charge in [0.25, 0.3) is 0 Å². The summed E-state index contributed by atoms with van der Waals surface area (Å²) in [5, 5.41) is 1.19. The average molecular weight is 467 g/mol. The summed E-state index contributed by atoms with van der Waals surface area (Å²) in [5.74, 6) is 0. The molecule has 0 aliphatic carbocycles. The molecule has 0 saturated heterocycles. The Labute approximate surface area is 211 Å². The van der Waals surface area contributed by atoms with E-state index >= 15 is 0 Å². The highest BCUT2D eigenvalue weighted by Crippen LogP contribution is 2.44. The van der Waals surface area contributed by atoms with Crippen LogP contribution in [0.25, 0.3) is 10.9 Å². The van der Waals surface area contributed by atoms with Crippen LogP contribution < -0.4 is 0 Å². The first-order chi connectivity index (χ1) is 17.9. The van der Waals surface area contributed by atoms with Crippen molar-refractivity contribution in [3.05, 3.63) is 180 Å². The second kappa shape index (κ2) is 9.69. The molecule has 0 aliphatic rings. The van der Waals surface area contributed by atoms with Gasteiger partial charge < -0.3 is 9.72 Å². The van der Waals surface area contributed by atoms with Crippen LogP contribution in [0, 0.1) is 0 Å². The molecule has 0 spiro atoms. The minimum absolute atomic E-state index is 0.192. The van der Waals surface area contributed by atoms with Crippen LogP contribution >= 0.6 is 0 Å². The normalized spacial score (nSPS) is 12.4. The molecule has 0 amide bonds. The number of aromatic amines is 1. The van der Waals surface area contributed by atoms with Crippen LogP contribution in [0.4, 0.5) is 0 Å². The first kappa shape index (κ1) is 22.1. The van der Waals surface area contributed by atoms with Crippen LogP contribution in [0.1, 0.15) is 33.9 Å². The lowest BCUT2D eigenvalue weighted by Crippen LogP contribution is -2.38. The van der Waals surface area contributed by atoms with Crippen molar-refractivity contribution in [2.24, 2.45) is 0 Å². The van der Waals surface area contributed by atoms with Gasteiger partial charge in [0, 0.05) is 39.4 Å². The molecular formula is C34H28NO+. The number of nitrogens with one attached hydrogen (secondary N) is 1. The topological polar surface area (TPSA) is 28.6 Å². The van der Waals surface area contributed by atoms with Crippen molar-refractivity contribution >= 4 is 10.9 Å². The van der Waals surface area contributed by atoms with E-state index in [0.29, 0.717) is 0 Å². The monoisotopic (exact) mass is 466 g/mol. The second-order valence-electron chi connectivity index (χ2n) is 9.04. The van der Waals surface area contributed by atoms with Crippen LogP contribution in [0.3, 0.4) is 0 Å². The Morgan fingerprint density at radius 1 is 0.500 bits per heavy atom. The predicted molar refractivity (Wildman–Crippen MR) is 148 cm³/mol. The van der Waals surface area contributed by atoms with Gasteiger partial charge in [-0.15, -0.1) is 0 Å². The van der Waals surface area contributed by atoms with E-state index in [9.17, 15) is 0 Å². The molecule has 1 aromatic heterocycles. The molecule has 1 atom stereocenters. The number of para-hydroxylation sites is 1. The summed E-state index contributed by atoms with van der Waals surface area (Å²) in [6, 6.07) is 51.1. The van der Waals surface area contributed by atoms with Crippen molar-refractivity contribution in [3.8, 4) is 0 Å². The molecular weight excluding hydrogens is 438 g/mol. The first-order valence-corrected chi connectivity index (χ1v) is 12.4. The summed E-state index contributed by atoms with van der Waals surface area (Å²) in [6.07, 6.45) is 1.93. The standard InChI is InChI=1S/C34H27NO/c1-5-15-26(16-6-1)33(31-25-35-32-24-14-13-23-30(31)32)36-34(27-17-7-2-8-18-27,28-19-9-3-10-20-28)29-21-11-4-12-22-29/h1-25,33,35H/p+1. The second-order valence-corrected chi connectivity index (χ2v) is 9.04. The van der Waals surface area contributed by atoms with Gasteiger partial charge in [-0.2, -0.15) is 0 Å². The lowest BCUT2D eigenvalue weighted by Gasteiger charge is -2.35. The van der Waals surface area contributed by atoms with Crippen molar-refractivity contribution in [1.82, 2.24) is 4.98 Å². The molecule has 174 valence electrons. The molecule has 0 radical (unpaired) electrons. The van der Waals surface area contributed by atoms with Gasteiger partial charge in [-0.05, 0) is 42.5 Å². The lowest BCUT2D eigenvalue weighted by atomic mass is 9.79. The summed E-state index contributed by atoms with van der Waals surface area (Å²) < 4.78 is 5.86. The smallest absolute Gasteiger partial charge is 0.244 e. The van der Waals surface area contributed by atoms with Crippen molar-refractivity contribution in [3.63, 3.8) is 0 Å². The van der Waals surface area contributed by atoms with Gasteiger partial charge >= 0.3 is 0 Å². The maximum absolute atomic E-state index is 5.86. The fourth-order valence-electron chi connectivity index (χ4n) is 5.23. The van der Waals surface area contributed by atoms with E-state index < -0.39 is 5.60 Å². The van der Waals surface area contributed by atoms with Crippen LogP contribution in [0.15, 0.2) is 152 Å². The highest BCUT2D eigenvalue weighted by Gasteiger charge is 2.46. The van der Waals surface area contributed by atoms with Crippen molar-refractivity contribution in [1.29, 1.82) is 0 Å². The molecule has 0 saturated carbocycles. The fourth-order valence-corrected chi connectivity index (χ4v) is 5.23. The molecule has 2 N–H and O–H groups in total. The fraction of sp³-hybridized carbons (Fsp3) is 0.0588. The van der Waals surface area contributed by atoms with Gasteiger partial charge in [-0.25, -0.2) is 0 Å². The Bertz CT molecular complexity index is 1440. The summed E-state index contributed by atoms with van der Waals surface area (Å²) in [5.41, 5.74) is 6.17. The van der Waals surface area contributed by atoms with E-state index in [1.54, 1.807) is 0 Å². The molecule has 0 fully saturated rings. The van der Waals surface area contributed by atoms with Gasteiger partial charge in [0.05, 0.1) is 5.56 Å². The number of ether oxygens (including phenoxy) is 1. The zero-order valence-electron chi connectivity index (χ0n) is 20.0. The number of H-pyrrole nitrogens is 1. The van der Waals surface area contributed by atoms with Crippen LogP contribution in [0.2, 0.25) is 0 Å². The van der Waals surface area contributed by atoms with Crippen molar-refractivity contribution < 1.29 is 4.74 Å². The highest BCUT2D eigenvalue weighted by atomic mass is 16.5. The van der Waals surface area contributed by atoms with E-state index in [-0.39, 0.29) is 6.10 Å². The number of rotatable bonds is 7. The highest BCUT2D eigenvalue weighted by molar-refractivity contribution is 5.84. The molecule has 0 bridgehead atoms. The minimum Gasteiger partial charge on any atom is -0.409 e.